The number of rotatable bonds is 4. The first-order valence-electron chi connectivity index (χ1n) is 4.93. The number of hydrogen-bond acceptors (Lipinski definition) is 3. The van der Waals surface area contributed by atoms with Crippen molar-refractivity contribution in [1.29, 1.82) is 0 Å². The molecule has 0 aliphatic carbocycles. The summed E-state index contributed by atoms with van der Waals surface area (Å²) < 4.78 is 0. The van der Waals surface area contributed by atoms with E-state index < -0.39 is 17.9 Å². The first-order chi connectivity index (χ1) is 8.36. The highest BCUT2D eigenvalue weighted by atomic mass is 35.5. The molecule has 1 aromatic carbocycles. The highest BCUT2D eigenvalue weighted by Gasteiger charge is 2.18. The summed E-state index contributed by atoms with van der Waals surface area (Å²) in [6.45, 7) is 1.37. The van der Waals surface area contributed by atoms with E-state index in [1.54, 1.807) is 6.07 Å². The van der Waals surface area contributed by atoms with Gasteiger partial charge < -0.3 is 10.4 Å². The molecule has 1 atom stereocenters. The van der Waals surface area contributed by atoms with E-state index in [0.29, 0.717) is 9.92 Å². The minimum absolute atomic E-state index is 0.188. The summed E-state index contributed by atoms with van der Waals surface area (Å²) in [6, 6.07) is 2.02. The first kappa shape index (κ1) is 15.1. The summed E-state index contributed by atoms with van der Waals surface area (Å²) in [6.07, 6.45) is 1.82. The van der Waals surface area contributed by atoms with Gasteiger partial charge in [0.1, 0.15) is 6.04 Å². The van der Waals surface area contributed by atoms with E-state index in [1.807, 2.05) is 6.26 Å². The lowest BCUT2D eigenvalue weighted by Crippen LogP contribution is -2.38. The minimum Gasteiger partial charge on any atom is -0.480 e. The van der Waals surface area contributed by atoms with Crippen molar-refractivity contribution >= 4 is 46.8 Å². The smallest absolute Gasteiger partial charge is 0.325 e. The average molecular weight is 308 g/mol. The van der Waals surface area contributed by atoms with Crippen LogP contribution in [0, 0.1) is 0 Å². The Labute approximate surface area is 119 Å². The van der Waals surface area contributed by atoms with E-state index in [-0.39, 0.29) is 10.6 Å². The van der Waals surface area contributed by atoms with Crippen LogP contribution in [-0.2, 0) is 4.79 Å². The Morgan fingerprint density at radius 3 is 2.44 bits per heavy atom. The molecule has 98 valence electrons. The molecule has 0 heterocycles. The quantitative estimate of drug-likeness (QED) is 0.839. The molecular weight excluding hydrogens is 297 g/mol. The molecule has 0 saturated heterocycles. The molecule has 7 heteroatoms. The fourth-order valence-electron chi connectivity index (χ4n) is 1.20. The number of amides is 1. The van der Waals surface area contributed by atoms with Gasteiger partial charge in [-0.2, -0.15) is 0 Å². The molecule has 0 radical (unpaired) electrons. The topological polar surface area (TPSA) is 66.4 Å². The number of carbonyl (C=O) groups is 2. The molecule has 0 fully saturated rings. The Hall–Kier alpha value is -0.910. The van der Waals surface area contributed by atoms with Crippen molar-refractivity contribution in [2.75, 3.05) is 6.26 Å². The van der Waals surface area contributed by atoms with E-state index in [1.165, 1.54) is 24.8 Å². The monoisotopic (exact) mass is 307 g/mol. The van der Waals surface area contributed by atoms with Crippen LogP contribution in [0.1, 0.15) is 17.3 Å². The highest BCUT2D eigenvalue weighted by Crippen LogP contribution is 2.31. The van der Waals surface area contributed by atoms with Crippen molar-refractivity contribution in [3.8, 4) is 0 Å². The Balaban J connectivity index is 3.02. The highest BCUT2D eigenvalue weighted by molar-refractivity contribution is 7.98. The van der Waals surface area contributed by atoms with Gasteiger partial charge in [0, 0.05) is 4.90 Å². The fraction of sp³-hybridized carbons (Fsp3) is 0.273. The molecule has 1 amide bonds. The van der Waals surface area contributed by atoms with Crippen LogP contribution in [0.3, 0.4) is 0 Å². The van der Waals surface area contributed by atoms with E-state index in [2.05, 4.69) is 5.32 Å². The molecule has 0 spiro atoms. The van der Waals surface area contributed by atoms with Crippen LogP contribution >= 0.6 is 35.0 Å². The van der Waals surface area contributed by atoms with Crippen molar-refractivity contribution < 1.29 is 14.7 Å². The summed E-state index contributed by atoms with van der Waals surface area (Å²) in [4.78, 5) is 23.2. The van der Waals surface area contributed by atoms with Crippen molar-refractivity contribution in [3.63, 3.8) is 0 Å². The zero-order chi connectivity index (χ0) is 13.9. The number of carboxylic acid groups (broad SMARTS) is 1. The van der Waals surface area contributed by atoms with Crippen molar-refractivity contribution in [1.82, 2.24) is 5.32 Å². The first-order valence-corrected chi connectivity index (χ1v) is 6.91. The number of carboxylic acids is 1. The normalized spacial score (nSPS) is 12.0. The summed E-state index contributed by atoms with van der Waals surface area (Å²) in [5.74, 6) is -1.65. The summed E-state index contributed by atoms with van der Waals surface area (Å²) in [7, 11) is 0. The molecule has 4 nitrogen and oxygen atoms in total. The molecule has 0 unspecified atom stereocenters. The van der Waals surface area contributed by atoms with Crippen LogP contribution in [0.2, 0.25) is 10.0 Å². The van der Waals surface area contributed by atoms with Gasteiger partial charge >= 0.3 is 5.97 Å². The zero-order valence-corrected chi connectivity index (χ0v) is 12.0. The standard InChI is InChI=1S/C11H11Cl2NO3S/c1-5(11(16)17)14-10(15)6-3-9(18-2)8(13)4-7(6)12/h3-5H,1-2H3,(H,14,15)(H,16,17)/t5-/m0/s1. The molecule has 0 aromatic heterocycles. The molecule has 18 heavy (non-hydrogen) atoms. The van der Waals surface area contributed by atoms with Gasteiger partial charge in [-0.05, 0) is 25.3 Å². The van der Waals surface area contributed by atoms with Gasteiger partial charge in [-0.25, -0.2) is 0 Å². The second-order valence-corrected chi connectivity index (χ2v) is 5.16. The Kier molecular flexibility index (Phi) is 5.31. The predicted octanol–water partition coefficient (Wildman–Crippen LogP) is 2.92. The van der Waals surface area contributed by atoms with Crippen LogP contribution < -0.4 is 5.32 Å². The fourth-order valence-corrected chi connectivity index (χ4v) is 2.39. The second-order valence-electron chi connectivity index (χ2n) is 3.50. The van der Waals surface area contributed by atoms with Gasteiger partial charge in [-0.3, -0.25) is 9.59 Å². The van der Waals surface area contributed by atoms with Crippen molar-refractivity contribution in [3.05, 3.63) is 27.7 Å². The van der Waals surface area contributed by atoms with Gasteiger partial charge in [-0.15, -0.1) is 11.8 Å². The van der Waals surface area contributed by atoms with Crippen LogP contribution in [0.15, 0.2) is 17.0 Å². The molecule has 0 saturated carbocycles. The van der Waals surface area contributed by atoms with Crippen LogP contribution in [-0.4, -0.2) is 29.3 Å². The van der Waals surface area contributed by atoms with E-state index in [4.69, 9.17) is 28.3 Å². The molecule has 0 bridgehead atoms. The van der Waals surface area contributed by atoms with Gasteiger partial charge in [0.15, 0.2) is 0 Å². The molecule has 0 aliphatic heterocycles. The predicted molar refractivity (Wildman–Crippen MR) is 72.8 cm³/mol. The number of thioether (sulfide) groups is 1. The minimum atomic E-state index is -1.11. The lowest BCUT2D eigenvalue weighted by atomic mass is 10.2. The van der Waals surface area contributed by atoms with Crippen LogP contribution in [0.5, 0.6) is 0 Å². The van der Waals surface area contributed by atoms with Gasteiger partial charge in [0.25, 0.3) is 5.91 Å². The van der Waals surface area contributed by atoms with Gasteiger partial charge in [0.05, 0.1) is 15.6 Å². The van der Waals surface area contributed by atoms with E-state index in [9.17, 15) is 9.59 Å². The maximum Gasteiger partial charge on any atom is 0.325 e. The second kappa shape index (κ2) is 6.31. The Morgan fingerprint density at radius 2 is 1.94 bits per heavy atom. The molecular formula is C11H11Cl2NO3S. The van der Waals surface area contributed by atoms with Crippen LogP contribution in [0.25, 0.3) is 0 Å². The molecule has 1 aromatic rings. The number of aliphatic carboxylic acids is 1. The molecule has 2 N–H and O–H groups in total. The maximum atomic E-state index is 11.8. The Bertz CT molecular complexity index is 493. The number of carbonyl (C=O) groups excluding carboxylic acids is 1. The summed E-state index contributed by atoms with van der Waals surface area (Å²) in [5, 5.41) is 11.7. The number of hydrogen-bond donors (Lipinski definition) is 2. The lowest BCUT2D eigenvalue weighted by Gasteiger charge is -2.11. The van der Waals surface area contributed by atoms with Gasteiger partial charge in [0.2, 0.25) is 0 Å². The zero-order valence-electron chi connectivity index (χ0n) is 9.66. The third-order valence-electron chi connectivity index (χ3n) is 2.20. The molecule has 1 rings (SSSR count). The number of halogens is 2. The van der Waals surface area contributed by atoms with E-state index >= 15 is 0 Å². The van der Waals surface area contributed by atoms with Crippen molar-refractivity contribution in [2.24, 2.45) is 0 Å². The average Bonchev–Trinajstić information content (AvgIpc) is 2.28. The maximum absolute atomic E-state index is 11.8. The summed E-state index contributed by atoms with van der Waals surface area (Å²) >= 11 is 13.2. The molecule has 0 aliphatic rings. The summed E-state index contributed by atoms with van der Waals surface area (Å²) in [5.41, 5.74) is 0.207. The number of nitrogens with one attached hydrogen (secondary N) is 1. The van der Waals surface area contributed by atoms with Crippen molar-refractivity contribution in [2.45, 2.75) is 17.9 Å². The third kappa shape index (κ3) is 3.54. The van der Waals surface area contributed by atoms with Crippen LogP contribution in [0.4, 0.5) is 0 Å². The third-order valence-corrected chi connectivity index (χ3v) is 3.72. The SMILES string of the molecule is CSc1cc(C(=O)N[C@@H](C)C(=O)O)c(Cl)cc1Cl. The van der Waals surface area contributed by atoms with Gasteiger partial charge in [-0.1, -0.05) is 23.2 Å². The Morgan fingerprint density at radius 1 is 1.33 bits per heavy atom. The number of benzene rings is 1. The largest absolute Gasteiger partial charge is 0.480 e. The lowest BCUT2D eigenvalue weighted by molar-refractivity contribution is -0.138. The van der Waals surface area contributed by atoms with E-state index in [0.717, 1.165) is 0 Å².